The van der Waals surface area contributed by atoms with Gasteiger partial charge in [0.15, 0.2) is 0 Å². The van der Waals surface area contributed by atoms with Gasteiger partial charge < -0.3 is 0 Å². The summed E-state index contributed by atoms with van der Waals surface area (Å²) >= 11 is 0. The van der Waals surface area contributed by atoms with Crippen molar-refractivity contribution in [3.8, 4) is 12.1 Å². The van der Waals surface area contributed by atoms with E-state index in [4.69, 9.17) is 10.5 Å². The number of hydrogen-bond donors (Lipinski definition) is 0. The molecule has 0 aromatic heterocycles. The molecule has 20 heavy (non-hydrogen) atoms. The molecule has 0 atom stereocenters. The predicted molar refractivity (Wildman–Crippen MR) is 76.2 cm³/mol. The van der Waals surface area contributed by atoms with E-state index >= 15 is 0 Å². The lowest BCUT2D eigenvalue weighted by Crippen LogP contribution is -1.94. The zero-order valence-corrected chi connectivity index (χ0v) is 11.6. The summed E-state index contributed by atoms with van der Waals surface area (Å²) in [5, 5.41) is 17.2. The fraction of sp³-hybridized carbons (Fsp3) is 0.125. The van der Waals surface area contributed by atoms with E-state index in [1.165, 1.54) is 0 Å². The molecule has 0 radical (unpaired) electrons. The summed E-state index contributed by atoms with van der Waals surface area (Å²) in [4.78, 5) is 1.42. The molecule has 0 aliphatic rings. The zero-order chi connectivity index (χ0) is 14.4. The van der Waals surface area contributed by atoms with Crippen LogP contribution in [0.2, 0.25) is 0 Å². The summed E-state index contributed by atoms with van der Waals surface area (Å²) in [7, 11) is -1.24. The summed E-state index contributed by atoms with van der Waals surface area (Å²) in [6, 6.07) is 18.6. The van der Waals surface area contributed by atoms with Crippen LogP contribution in [0, 0.1) is 22.7 Å². The Hall–Kier alpha value is -2.43. The first kappa shape index (κ1) is 14.0. The molecule has 0 amide bonds. The normalized spacial score (nSPS) is 9.95. The molecule has 0 aliphatic carbocycles. The highest BCUT2D eigenvalue weighted by Crippen LogP contribution is 2.18. The molecule has 0 unspecified atom stereocenters. The third-order valence-electron chi connectivity index (χ3n) is 2.84. The van der Waals surface area contributed by atoms with Crippen molar-refractivity contribution in [2.75, 3.05) is 0 Å². The highest BCUT2D eigenvalue weighted by atomic mass is 32.2. The van der Waals surface area contributed by atoms with Gasteiger partial charge in [0.1, 0.15) is 0 Å². The van der Waals surface area contributed by atoms with Crippen LogP contribution in [0.5, 0.6) is 0 Å². The minimum Gasteiger partial charge on any atom is -0.249 e. The maximum absolute atomic E-state index is 12.4. The van der Waals surface area contributed by atoms with Crippen molar-refractivity contribution >= 4 is 10.8 Å². The lowest BCUT2D eigenvalue weighted by Gasteiger charge is -2.04. The molecule has 0 saturated carbocycles. The van der Waals surface area contributed by atoms with Gasteiger partial charge in [-0.05, 0) is 35.4 Å². The molecule has 98 valence electrons. The summed E-state index contributed by atoms with van der Waals surface area (Å²) in [5.41, 5.74) is 1.83. The summed E-state index contributed by atoms with van der Waals surface area (Å²) in [5.74, 6) is 0. The Labute approximate surface area is 120 Å². The maximum atomic E-state index is 12.4. The first-order chi connectivity index (χ1) is 9.74. The molecule has 0 aliphatic heterocycles. The average molecular weight is 280 g/mol. The number of nitriles is 2. The largest absolute Gasteiger partial charge is 0.249 e. The van der Waals surface area contributed by atoms with Crippen LogP contribution in [-0.2, 0) is 23.6 Å². The van der Waals surface area contributed by atoms with Gasteiger partial charge in [-0.1, -0.05) is 24.3 Å². The Balaban J connectivity index is 2.18. The quantitative estimate of drug-likeness (QED) is 0.864. The van der Waals surface area contributed by atoms with Crippen LogP contribution in [0.4, 0.5) is 0 Å². The number of hydrogen-bond acceptors (Lipinski definition) is 3. The maximum Gasteiger partial charge on any atom is 0.0849 e. The first-order valence-electron chi connectivity index (χ1n) is 6.08. The molecule has 3 nitrogen and oxygen atoms in total. The second-order valence-corrected chi connectivity index (χ2v) is 5.71. The van der Waals surface area contributed by atoms with Crippen LogP contribution in [0.15, 0.2) is 58.3 Å². The molecule has 0 spiro atoms. The summed E-state index contributed by atoms with van der Waals surface area (Å²) in [6.07, 6.45) is 0.714. The minimum atomic E-state index is -1.24. The lowest BCUT2D eigenvalue weighted by atomic mass is 10.2. The van der Waals surface area contributed by atoms with Gasteiger partial charge in [-0.25, -0.2) is 4.21 Å². The molecule has 2 aromatic rings. The van der Waals surface area contributed by atoms with E-state index in [0.717, 1.165) is 11.1 Å². The highest BCUT2D eigenvalue weighted by molar-refractivity contribution is 7.85. The topological polar surface area (TPSA) is 64.7 Å². The van der Waals surface area contributed by atoms with E-state index in [2.05, 4.69) is 12.1 Å². The van der Waals surface area contributed by atoms with Gasteiger partial charge in [0.25, 0.3) is 0 Å². The van der Waals surface area contributed by atoms with Crippen LogP contribution in [-0.4, -0.2) is 4.21 Å². The SMILES string of the molecule is N#CCc1ccc(S(=O)c2ccc(CC#N)cc2)cc1. The summed E-state index contributed by atoms with van der Waals surface area (Å²) < 4.78 is 12.4. The van der Waals surface area contributed by atoms with Crippen molar-refractivity contribution in [1.82, 2.24) is 0 Å². The molecule has 0 N–H and O–H groups in total. The molecule has 2 aromatic carbocycles. The zero-order valence-electron chi connectivity index (χ0n) is 10.7. The Morgan fingerprint density at radius 2 is 1.10 bits per heavy atom. The van der Waals surface area contributed by atoms with Gasteiger partial charge >= 0.3 is 0 Å². The number of nitrogens with zero attached hydrogens (tertiary/aromatic N) is 2. The smallest absolute Gasteiger partial charge is 0.0849 e. The van der Waals surface area contributed by atoms with E-state index in [0.29, 0.717) is 22.6 Å². The third kappa shape index (κ3) is 3.32. The second-order valence-electron chi connectivity index (χ2n) is 4.23. The van der Waals surface area contributed by atoms with Crippen LogP contribution in [0.3, 0.4) is 0 Å². The molecule has 0 bridgehead atoms. The third-order valence-corrected chi connectivity index (χ3v) is 4.24. The van der Waals surface area contributed by atoms with Gasteiger partial charge in [-0.15, -0.1) is 0 Å². The minimum absolute atomic E-state index is 0.357. The Kier molecular flexibility index (Phi) is 4.65. The van der Waals surface area contributed by atoms with Crippen molar-refractivity contribution in [3.63, 3.8) is 0 Å². The monoisotopic (exact) mass is 280 g/mol. The van der Waals surface area contributed by atoms with Crippen LogP contribution >= 0.6 is 0 Å². The van der Waals surface area contributed by atoms with E-state index in [-0.39, 0.29) is 0 Å². The molecule has 2 rings (SSSR count). The average Bonchev–Trinajstić information content (AvgIpc) is 2.49. The fourth-order valence-corrected chi connectivity index (χ4v) is 2.82. The van der Waals surface area contributed by atoms with E-state index in [1.54, 1.807) is 24.3 Å². The summed E-state index contributed by atoms with van der Waals surface area (Å²) in [6.45, 7) is 0. The van der Waals surface area contributed by atoms with Crippen molar-refractivity contribution in [2.45, 2.75) is 22.6 Å². The Bertz CT molecular complexity index is 630. The van der Waals surface area contributed by atoms with Gasteiger partial charge in [0, 0.05) is 9.79 Å². The fourth-order valence-electron chi connectivity index (χ4n) is 1.78. The van der Waals surface area contributed by atoms with E-state index in [9.17, 15) is 4.21 Å². The van der Waals surface area contributed by atoms with Gasteiger partial charge in [-0.2, -0.15) is 10.5 Å². The van der Waals surface area contributed by atoms with Crippen LogP contribution < -0.4 is 0 Å². The van der Waals surface area contributed by atoms with Crippen molar-refractivity contribution in [2.24, 2.45) is 0 Å². The molecule has 4 heteroatoms. The molecular formula is C16H12N2OS. The first-order valence-corrected chi connectivity index (χ1v) is 7.23. The Morgan fingerprint density at radius 1 is 0.750 bits per heavy atom. The predicted octanol–water partition coefficient (Wildman–Crippen LogP) is 2.99. The number of rotatable bonds is 4. The Morgan fingerprint density at radius 3 is 1.40 bits per heavy atom. The van der Waals surface area contributed by atoms with Gasteiger partial charge in [-0.3, -0.25) is 0 Å². The van der Waals surface area contributed by atoms with Gasteiger partial charge in [0.2, 0.25) is 0 Å². The van der Waals surface area contributed by atoms with Crippen molar-refractivity contribution < 1.29 is 4.21 Å². The highest BCUT2D eigenvalue weighted by Gasteiger charge is 2.07. The van der Waals surface area contributed by atoms with Crippen molar-refractivity contribution in [1.29, 1.82) is 10.5 Å². The van der Waals surface area contributed by atoms with E-state index < -0.39 is 10.8 Å². The van der Waals surface area contributed by atoms with E-state index in [1.807, 2.05) is 24.3 Å². The molecule has 0 heterocycles. The van der Waals surface area contributed by atoms with Crippen LogP contribution in [0.25, 0.3) is 0 Å². The molecular weight excluding hydrogens is 268 g/mol. The molecule has 0 saturated heterocycles. The molecule has 0 fully saturated rings. The van der Waals surface area contributed by atoms with Crippen LogP contribution in [0.1, 0.15) is 11.1 Å². The standard InChI is InChI=1S/C16H12N2OS/c17-11-9-13-1-5-15(6-2-13)20(19)16-7-3-14(4-8-16)10-12-18/h1-8H,9-10H2. The van der Waals surface area contributed by atoms with Crippen molar-refractivity contribution in [3.05, 3.63) is 59.7 Å². The second kappa shape index (κ2) is 6.65. The van der Waals surface area contributed by atoms with Gasteiger partial charge in [0.05, 0.1) is 35.8 Å². The lowest BCUT2D eigenvalue weighted by molar-refractivity contribution is 0.683. The number of benzene rings is 2.